The predicted octanol–water partition coefficient (Wildman–Crippen LogP) is 1.38. The highest BCUT2D eigenvalue weighted by Crippen LogP contribution is 2.25. The lowest BCUT2D eigenvalue weighted by atomic mass is 10.0. The van der Waals surface area contributed by atoms with Crippen LogP contribution in [0.15, 0.2) is 18.2 Å². The Balaban J connectivity index is 2.73. The molecular formula is C10H15NO2. The zero-order chi connectivity index (χ0) is 9.84. The Morgan fingerprint density at radius 2 is 2.00 bits per heavy atom. The van der Waals surface area contributed by atoms with E-state index in [1.54, 1.807) is 12.1 Å². The van der Waals surface area contributed by atoms with Crippen molar-refractivity contribution in [1.82, 2.24) is 0 Å². The van der Waals surface area contributed by atoms with Crippen LogP contribution in [0.3, 0.4) is 0 Å². The highest BCUT2D eigenvalue weighted by atomic mass is 16.3. The molecule has 1 aromatic carbocycles. The van der Waals surface area contributed by atoms with Crippen molar-refractivity contribution in [2.24, 2.45) is 5.73 Å². The Bertz CT molecular complexity index is 286. The van der Waals surface area contributed by atoms with Crippen molar-refractivity contribution in [2.45, 2.75) is 25.8 Å². The zero-order valence-corrected chi connectivity index (χ0v) is 7.70. The van der Waals surface area contributed by atoms with E-state index in [1.165, 1.54) is 6.07 Å². The second kappa shape index (κ2) is 4.14. The van der Waals surface area contributed by atoms with E-state index in [-0.39, 0.29) is 17.5 Å². The van der Waals surface area contributed by atoms with Crippen LogP contribution in [0, 0.1) is 0 Å². The number of nitrogens with two attached hydrogens (primary N) is 1. The van der Waals surface area contributed by atoms with Gasteiger partial charge >= 0.3 is 0 Å². The molecule has 0 saturated heterocycles. The smallest absolute Gasteiger partial charge is 0.157 e. The Labute approximate surface area is 77.8 Å². The highest BCUT2D eigenvalue weighted by molar-refractivity contribution is 5.40. The van der Waals surface area contributed by atoms with E-state index >= 15 is 0 Å². The lowest BCUT2D eigenvalue weighted by molar-refractivity contribution is 0.403. The Morgan fingerprint density at radius 1 is 1.31 bits per heavy atom. The first kappa shape index (κ1) is 9.86. The fourth-order valence-electron chi connectivity index (χ4n) is 1.14. The molecule has 1 atom stereocenters. The standard InChI is InChI=1S/C10H15NO2/c1-2-8(11)5-7-3-4-9(12)10(13)6-7/h3-4,6,8,12-13H,2,5,11H2,1H3. The van der Waals surface area contributed by atoms with Gasteiger partial charge in [-0.3, -0.25) is 0 Å². The second-order valence-electron chi connectivity index (χ2n) is 3.20. The van der Waals surface area contributed by atoms with Crippen molar-refractivity contribution in [3.05, 3.63) is 23.8 Å². The minimum Gasteiger partial charge on any atom is -0.504 e. The van der Waals surface area contributed by atoms with Crippen LogP contribution in [0.2, 0.25) is 0 Å². The number of benzene rings is 1. The number of hydrogen-bond acceptors (Lipinski definition) is 3. The maximum atomic E-state index is 9.19. The average molecular weight is 181 g/mol. The fourth-order valence-corrected chi connectivity index (χ4v) is 1.14. The predicted molar refractivity (Wildman–Crippen MR) is 51.7 cm³/mol. The Morgan fingerprint density at radius 3 is 2.54 bits per heavy atom. The van der Waals surface area contributed by atoms with E-state index in [1.807, 2.05) is 6.92 Å². The number of phenolic OH excluding ortho intramolecular Hbond substituents is 2. The van der Waals surface area contributed by atoms with Crippen molar-refractivity contribution < 1.29 is 10.2 Å². The molecule has 0 aromatic heterocycles. The Kier molecular flexibility index (Phi) is 3.14. The molecule has 0 heterocycles. The molecule has 1 rings (SSSR count). The normalized spacial score (nSPS) is 12.8. The van der Waals surface area contributed by atoms with Crippen LogP contribution in [-0.4, -0.2) is 16.3 Å². The van der Waals surface area contributed by atoms with E-state index in [0.717, 1.165) is 18.4 Å². The largest absolute Gasteiger partial charge is 0.504 e. The quantitative estimate of drug-likeness (QED) is 0.617. The molecule has 0 saturated carbocycles. The summed E-state index contributed by atoms with van der Waals surface area (Å²) in [4.78, 5) is 0. The van der Waals surface area contributed by atoms with Gasteiger partial charge in [0.15, 0.2) is 11.5 Å². The van der Waals surface area contributed by atoms with E-state index in [2.05, 4.69) is 0 Å². The maximum Gasteiger partial charge on any atom is 0.157 e. The molecule has 4 N–H and O–H groups in total. The van der Waals surface area contributed by atoms with Gasteiger partial charge in [-0.2, -0.15) is 0 Å². The van der Waals surface area contributed by atoms with Gasteiger partial charge < -0.3 is 15.9 Å². The molecule has 0 aliphatic heterocycles. The van der Waals surface area contributed by atoms with Crippen LogP contribution >= 0.6 is 0 Å². The van der Waals surface area contributed by atoms with Crippen LogP contribution in [0.4, 0.5) is 0 Å². The van der Waals surface area contributed by atoms with Crippen LogP contribution < -0.4 is 5.73 Å². The third-order valence-corrected chi connectivity index (χ3v) is 2.06. The van der Waals surface area contributed by atoms with Gasteiger partial charge in [-0.15, -0.1) is 0 Å². The van der Waals surface area contributed by atoms with E-state index in [0.29, 0.717) is 0 Å². The second-order valence-corrected chi connectivity index (χ2v) is 3.20. The summed E-state index contributed by atoms with van der Waals surface area (Å²) in [5.74, 6) is -0.172. The summed E-state index contributed by atoms with van der Waals surface area (Å²) in [5.41, 5.74) is 6.70. The summed E-state index contributed by atoms with van der Waals surface area (Å²) in [6, 6.07) is 4.91. The first-order valence-corrected chi connectivity index (χ1v) is 4.40. The van der Waals surface area contributed by atoms with Crippen LogP contribution in [0.25, 0.3) is 0 Å². The molecule has 0 spiro atoms. The van der Waals surface area contributed by atoms with E-state index < -0.39 is 0 Å². The molecule has 0 amide bonds. The van der Waals surface area contributed by atoms with Gasteiger partial charge in [-0.05, 0) is 30.5 Å². The first-order chi connectivity index (χ1) is 6.13. The maximum absolute atomic E-state index is 9.19. The lowest BCUT2D eigenvalue weighted by Gasteiger charge is -2.08. The van der Waals surface area contributed by atoms with Gasteiger partial charge in [0.25, 0.3) is 0 Å². The third-order valence-electron chi connectivity index (χ3n) is 2.06. The summed E-state index contributed by atoms with van der Waals surface area (Å²) in [7, 11) is 0. The molecule has 0 fully saturated rings. The van der Waals surface area contributed by atoms with E-state index in [4.69, 9.17) is 10.8 Å². The van der Waals surface area contributed by atoms with Crippen LogP contribution in [0.5, 0.6) is 11.5 Å². The van der Waals surface area contributed by atoms with Gasteiger partial charge in [0.1, 0.15) is 0 Å². The number of phenols is 2. The van der Waals surface area contributed by atoms with Crippen molar-refractivity contribution >= 4 is 0 Å². The summed E-state index contributed by atoms with van der Waals surface area (Å²) < 4.78 is 0. The average Bonchev–Trinajstić information content (AvgIpc) is 2.11. The van der Waals surface area contributed by atoms with Gasteiger partial charge in [0, 0.05) is 6.04 Å². The van der Waals surface area contributed by atoms with Crippen molar-refractivity contribution in [1.29, 1.82) is 0 Å². The van der Waals surface area contributed by atoms with Crippen molar-refractivity contribution in [2.75, 3.05) is 0 Å². The monoisotopic (exact) mass is 181 g/mol. The van der Waals surface area contributed by atoms with Gasteiger partial charge in [-0.1, -0.05) is 13.0 Å². The zero-order valence-electron chi connectivity index (χ0n) is 7.70. The minimum absolute atomic E-state index is 0.0826. The SMILES string of the molecule is CCC(N)Cc1ccc(O)c(O)c1. The molecule has 1 unspecified atom stereocenters. The van der Waals surface area contributed by atoms with Crippen LogP contribution in [-0.2, 0) is 6.42 Å². The first-order valence-electron chi connectivity index (χ1n) is 4.40. The molecule has 13 heavy (non-hydrogen) atoms. The summed E-state index contributed by atoms with van der Waals surface area (Å²) in [6.45, 7) is 2.02. The van der Waals surface area contributed by atoms with Crippen molar-refractivity contribution in [3.8, 4) is 11.5 Å². The molecule has 0 radical (unpaired) electrons. The summed E-state index contributed by atoms with van der Waals surface area (Å²) in [5, 5.41) is 18.2. The van der Waals surface area contributed by atoms with Gasteiger partial charge in [0.2, 0.25) is 0 Å². The molecule has 3 heteroatoms. The number of aromatic hydroxyl groups is 2. The topological polar surface area (TPSA) is 66.5 Å². The number of hydrogen-bond donors (Lipinski definition) is 3. The molecular weight excluding hydrogens is 166 g/mol. The van der Waals surface area contributed by atoms with E-state index in [9.17, 15) is 5.11 Å². The van der Waals surface area contributed by atoms with Gasteiger partial charge in [-0.25, -0.2) is 0 Å². The summed E-state index contributed by atoms with van der Waals surface area (Å²) >= 11 is 0. The molecule has 0 bridgehead atoms. The molecule has 3 nitrogen and oxygen atoms in total. The molecule has 0 aliphatic rings. The van der Waals surface area contributed by atoms with Crippen LogP contribution in [0.1, 0.15) is 18.9 Å². The van der Waals surface area contributed by atoms with Gasteiger partial charge in [0.05, 0.1) is 0 Å². The fraction of sp³-hybridized carbons (Fsp3) is 0.400. The lowest BCUT2D eigenvalue weighted by Crippen LogP contribution is -2.21. The summed E-state index contributed by atoms with van der Waals surface area (Å²) in [6.07, 6.45) is 1.63. The number of rotatable bonds is 3. The molecule has 1 aromatic rings. The Hall–Kier alpha value is -1.22. The highest BCUT2D eigenvalue weighted by Gasteiger charge is 2.04. The molecule has 0 aliphatic carbocycles. The molecule has 72 valence electrons. The minimum atomic E-state index is -0.0891. The third kappa shape index (κ3) is 2.63. The van der Waals surface area contributed by atoms with Crippen molar-refractivity contribution in [3.63, 3.8) is 0 Å².